The molecular weight excluding hydrogens is 332 g/mol. The van der Waals surface area contributed by atoms with Crippen LogP contribution in [0.4, 0.5) is 5.69 Å². The minimum atomic E-state index is -3.70. The van der Waals surface area contributed by atoms with Crippen molar-refractivity contribution in [2.75, 3.05) is 12.3 Å². The Balaban J connectivity index is 2.96. The summed E-state index contributed by atoms with van der Waals surface area (Å²) in [4.78, 5) is 0.0713. The Morgan fingerprint density at radius 2 is 1.95 bits per heavy atom. The van der Waals surface area contributed by atoms with Gasteiger partial charge in [-0.15, -0.1) is 0 Å². The molecule has 1 aromatic rings. The van der Waals surface area contributed by atoms with Gasteiger partial charge < -0.3 is 10.8 Å². The number of hydrogen-bond acceptors (Lipinski definition) is 4. The maximum absolute atomic E-state index is 12.2. The zero-order valence-electron chi connectivity index (χ0n) is 11.0. The molecule has 0 unspecified atom stereocenters. The fourth-order valence-corrected chi connectivity index (χ4v) is 3.65. The highest BCUT2D eigenvalue weighted by molar-refractivity contribution is 9.10. The topological polar surface area (TPSA) is 92.4 Å². The zero-order valence-corrected chi connectivity index (χ0v) is 13.4. The van der Waals surface area contributed by atoms with Crippen LogP contribution < -0.4 is 10.5 Å². The van der Waals surface area contributed by atoms with Gasteiger partial charge in [0.1, 0.15) is 0 Å². The highest BCUT2D eigenvalue weighted by Crippen LogP contribution is 2.24. The van der Waals surface area contributed by atoms with Crippen LogP contribution in [0.3, 0.4) is 0 Å². The molecule has 0 bridgehead atoms. The standard InChI is InChI=1S/C12H19BrN2O3S/c1-3-12(16,4-2)8-15-19(17,18)11-7-9(14)5-6-10(11)13/h5-7,15-16H,3-4,8,14H2,1-2H3. The maximum Gasteiger partial charge on any atom is 0.241 e. The van der Waals surface area contributed by atoms with Crippen LogP contribution in [0.2, 0.25) is 0 Å². The van der Waals surface area contributed by atoms with Gasteiger partial charge >= 0.3 is 0 Å². The zero-order chi connectivity index (χ0) is 14.7. The molecule has 0 aliphatic rings. The normalized spacial score (nSPS) is 12.6. The van der Waals surface area contributed by atoms with E-state index >= 15 is 0 Å². The van der Waals surface area contributed by atoms with Crippen molar-refractivity contribution in [3.8, 4) is 0 Å². The minimum Gasteiger partial charge on any atom is -0.399 e. The number of hydrogen-bond donors (Lipinski definition) is 3. The predicted molar refractivity (Wildman–Crippen MR) is 79.3 cm³/mol. The molecule has 0 saturated carbocycles. The first-order valence-corrected chi connectivity index (χ1v) is 8.29. The third-order valence-electron chi connectivity index (χ3n) is 3.15. The van der Waals surface area contributed by atoms with Gasteiger partial charge in [-0.2, -0.15) is 0 Å². The summed E-state index contributed by atoms with van der Waals surface area (Å²) < 4.78 is 27.2. The van der Waals surface area contributed by atoms with Gasteiger partial charge in [0.2, 0.25) is 10.0 Å². The number of aliphatic hydroxyl groups is 1. The van der Waals surface area contributed by atoms with Crippen LogP contribution in [-0.2, 0) is 10.0 Å². The first kappa shape index (κ1) is 16.4. The smallest absolute Gasteiger partial charge is 0.241 e. The summed E-state index contributed by atoms with van der Waals surface area (Å²) >= 11 is 3.18. The first-order valence-electron chi connectivity index (χ1n) is 6.01. The van der Waals surface area contributed by atoms with Crippen molar-refractivity contribution < 1.29 is 13.5 Å². The molecule has 0 amide bonds. The van der Waals surface area contributed by atoms with Crippen LogP contribution in [0, 0.1) is 0 Å². The third kappa shape index (κ3) is 4.17. The lowest BCUT2D eigenvalue weighted by Crippen LogP contribution is -2.42. The largest absolute Gasteiger partial charge is 0.399 e. The molecule has 7 heteroatoms. The highest BCUT2D eigenvalue weighted by Gasteiger charge is 2.26. The van der Waals surface area contributed by atoms with Crippen LogP contribution in [0.15, 0.2) is 27.6 Å². The molecule has 19 heavy (non-hydrogen) atoms. The van der Waals surface area contributed by atoms with Gasteiger partial charge in [0, 0.05) is 16.7 Å². The number of halogens is 1. The van der Waals surface area contributed by atoms with Crippen molar-refractivity contribution >= 4 is 31.6 Å². The molecule has 0 saturated heterocycles. The van der Waals surface area contributed by atoms with E-state index in [1.807, 2.05) is 13.8 Å². The Morgan fingerprint density at radius 3 is 2.47 bits per heavy atom. The second kappa shape index (κ2) is 6.21. The lowest BCUT2D eigenvalue weighted by molar-refractivity contribution is 0.0377. The monoisotopic (exact) mass is 350 g/mol. The van der Waals surface area contributed by atoms with Gasteiger partial charge in [0.25, 0.3) is 0 Å². The van der Waals surface area contributed by atoms with Gasteiger partial charge in [0.05, 0.1) is 10.5 Å². The number of nitrogen functional groups attached to an aromatic ring is 1. The summed E-state index contributed by atoms with van der Waals surface area (Å²) in [7, 11) is -3.70. The maximum atomic E-state index is 12.2. The van der Waals surface area contributed by atoms with E-state index in [1.54, 1.807) is 12.1 Å². The number of benzene rings is 1. The summed E-state index contributed by atoms with van der Waals surface area (Å²) in [5.74, 6) is 0. The fraction of sp³-hybridized carbons (Fsp3) is 0.500. The van der Waals surface area contributed by atoms with E-state index in [4.69, 9.17) is 5.73 Å². The predicted octanol–water partition coefficient (Wildman–Crippen LogP) is 1.86. The molecule has 1 rings (SSSR count). The molecule has 108 valence electrons. The number of sulfonamides is 1. The second-order valence-corrected chi connectivity index (χ2v) is 7.04. The summed E-state index contributed by atoms with van der Waals surface area (Å²) in [6, 6.07) is 4.57. The SMILES string of the molecule is CCC(O)(CC)CNS(=O)(=O)c1cc(N)ccc1Br. The first-order chi connectivity index (χ1) is 8.74. The van der Waals surface area contributed by atoms with E-state index in [9.17, 15) is 13.5 Å². The molecule has 0 aromatic heterocycles. The third-order valence-corrected chi connectivity index (χ3v) is 5.55. The Labute approximate surface area is 122 Å². The molecule has 0 fully saturated rings. The Kier molecular flexibility index (Phi) is 5.37. The Morgan fingerprint density at radius 1 is 1.37 bits per heavy atom. The molecule has 0 aliphatic heterocycles. The average molecular weight is 351 g/mol. The van der Waals surface area contributed by atoms with Crippen molar-refractivity contribution in [3.63, 3.8) is 0 Å². The number of nitrogens with one attached hydrogen (secondary N) is 1. The average Bonchev–Trinajstić information content (AvgIpc) is 2.39. The number of anilines is 1. The van der Waals surface area contributed by atoms with E-state index in [1.165, 1.54) is 6.07 Å². The molecule has 0 atom stereocenters. The van der Waals surface area contributed by atoms with Crippen molar-refractivity contribution in [2.45, 2.75) is 37.2 Å². The second-order valence-electron chi connectivity index (χ2n) is 4.45. The van der Waals surface area contributed by atoms with E-state index in [2.05, 4.69) is 20.7 Å². The summed E-state index contributed by atoms with van der Waals surface area (Å²) in [5, 5.41) is 10.1. The lowest BCUT2D eigenvalue weighted by Gasteiger charge is -2.25. The van der Waals surface area contributed by atoms with E-state index in [-0.39, 0.29) is 11.4 Å². The van der Waals surface area contributed by atoms with Gasteiger partial charge in [-0.25, -0.2) is 13.1 Å². The molecule has 1 aromatic carbocycles. The van der Waals surface area contributed by atoms with Crippen LogP contribution in [-0.4, -0.2) is 25.7 Å². The van der Waals surface area contributed by atoms with E-state index < -0.39 is 15.6 Å². The van der Waals surface area contributed by atoms with Gasteiger partial charge in [0.15, 0.2) is 0 Å². The van der Waals surface area contributed by atoms with Gasteiger partial charge in [-0.3, -0.25) is 0 Å². The van der Waals surface area contributed by atoms with Crippen molar-refractivity contribution in [1.82, 2.24) is 4.72 Å². The van der Waals surface area contributed by atoms with Crippen molar-refractivity contribution in [1.29, 1.82) is 0 Å². The van der Waals surface area contributed by atoms with E-state index in [0.717, 1.165) is 0 Å². The van der Waals surface area contributed by atoms with Crippen molar-refractivity contribution in [3.05, 3.63) is 22.7 Å². The lowest BCUT2D eigenvalue weighted by atomic mass is 9.98. The van der Waals surface area contributed by atoms with Gasteiger partial charge in [-0.1, -0.05) is 13.8 Å². The fourth-order valence-electron chi connectivity index (χ4n) is 1.53. The summed E-state index contributed by atoms with van der Waals surface area (Å²) in [6.45, 7) is 3.60. The molecule has 0 radical (unpaired) electrons. The molecule has 0 spiro atoms. The minimum absolute atomic E-state index is 0.0242. The number of nitrogens with two attached hydrogens (primary N) is 1. The molecule has 0 heterocycles. The van der Waals surface area contributed by atoms with E-state index in [0.29, 0.717) is 23.0 Å². The molecular formula is C12H19BrN2O3S. The molecule has 0 aliphatic carbocycles. The van der Waals surface area contributed by atoms with Crippen LogP contribution >= 0.6 is 15.9 Å². The summed E-state index contributed by atoms with van der Waals surface area (Å²) in [6.07, 6.45) is 0.953. The molecule has 4 N–H and O–H groups in total. The van der Waals surface area contributed by atoms with Crippen molar-refractivity contribution in [2.24, 2.45) is 0 Å². The molecule has 5 nitrogen and oxygen atoms in total. The Bertz CT molecular complexity index is 542. The highest BCUT2D eigenvalue weighted by atomic mass is 79.9. The van der Waals surface area contributed by atoms with Crippen LogP contribution in [0.5, 0.6) is 0 Å². The quantitative estimate of drug-likeness (QED) is 0.682. The van der Waals surface area contributed by atoms with Crippen LogP contribution in [0.25, 0.3) is 0 Å². The Hall–Kier alpha value is -0.630. The van der Waals surface area contributed by atoms with Crippen LogP contribution in [0.1, 0.15) is 26.7 Å². The summed E-state index contributed by atoms with van der Waals surface area (Å²) in [5.41, 5.74) is 4.93. The number of rotatable bonds is 6. The van der Waals surface area contributed by atoms with Gasteiger partial charge in [-0.05, 0) is 47.0 Å².